The molecule has 2 N–H and O–H groups in total. The van der Waals surface area contributed by atoms with E-state index >= 15 is 0 Å². The number of rotatable bonds is 0. The van der Waals surface area contributed by atoms with Crippen molar-refractivity contribution in [1.29, 1.82) is 0 Å². The monoisotopic (exact) mass is 266 g/mol. The van der Waals surface area contributed by atoms with E-state index in [1.54, 1.807) is 0 Å². The van der Waals surface area contributed by atoms with Crippen LogP contribution in [0, 0.1) is 5.92 Å². The Morgan fingerprint density at radius 2 is 2.20 bits per heavy atom. The zero-order valence-corrected chi connectivity index (χ0v) is 10.2. The fourth-order valence-electron chi connectivity index (χ4n) is 2.79. The molecular formula is C12H15BrN2. The van der Waals surface area contributed by atoms with Gasteiger partial charge < -0.3 is 10.6 Å². The lowest BCUT2D eigenvalue weighted by molar-refractivity contribution is 0.503. The largest absolute Gasteiger partial charge is 0.385 e. The molecule has 2 atom stereocenters. The smallest absolute Gasteiger partial charge is 0.0376 e. The van der Waals surface area contributed by atoms with Crippen molar-refractivity contribution in [3.63, 3.8) is 0 Å². The standard InChI is InChI=1S/C12H15BrN2/c13-9-1-2-12-10(5-9)11-7-14-6-8(11)3-4-15-12/h1-2,5,8,11,14-15H,3-4,6-7H2. The van der Waals surface area contributed by atoms with Gasteiger partial charge in [-0.25, -0.2) is 0 Å². The van der Waals surface area contributed by atoms with Gasteiger partial charge in [-0.2, -0.15) is 0 Å². The highest BCUT2D eigenvalue weighted by molar-refractivity contribution is 9.10. The molecule has 1 fully saturated rings. The van der Waals surface area contributed by atoms with Crippen molar-refractivity contribution < 1.29 is 0 Å². The summed E-state index contributed by atoms with van der Waals surface area (Å²) in [5.74, 6) is 1.51. The fraction of sp³-hybridized carbons (Fsp3) is 0.500. The van der Waals surface area contributed by atoms with Crippen molar-refractivity contribution in [2.45, 2.75) is 12.3 Å². The van der Waals surface area contributed by atoms with Crippen LogP contribution in [-0.4, -0.2) is 19.6 Å². The molecule has 0 aliphatic carbocycles. The van der Waals surface area contributed by atoms with Crippen LogP contribution in [0.25, 0.3) is 0 Å². The van der Waals surface area contributed by atoms with Crippen molar-refractivity contribution >= 4 is 21.6 Å². The van der Waals surface area contributed by atoms with Crippen LogP contribution >= 0.6 is 15.9 Å². The van der Waals surface area contributed by atoms with E-state index in [0.29, 0.717) is 5.92 Å². The number of halogens is 1. The summed E-state index contributed by atoms with van der Waals surface area (Å²) in [6.45, 7) is 3.42. The molecule has 1 saturated heterocycles. The Morgan fingerprint density at radius 3 is 3.13 bits per heavy atom. The predicted octanol–water partition coefficient (Wildman–Crippen LogP) is 2.57. The van der Waals surface area contributed by atoms with Gasteiger partial charge in [0.25, 0.3) is 0 Å². The molecule has 1 aromatic rings. The fourth-order valence-corrected chi connectivity index (χ4v) is 3.17. The molecular weight excluding hydrogens is 252 g/mol. The molecule has 0 saturated carbocycles. The van der Waals surface area contributed by atoms with Gasteiger partial charge in [-0.05, 0) is 42.6 Å². The first-order valence-electron chi connectivity index (χ1n) is 5.58. The topological polar surface area (TPSA) is 24.1 Å². The highest BCUT2D eigenvalue weighted by Crippen LogP contribution is 2.38. The summed E-state index contributed by atoms with van der Waals surface area (Å²) in [5.41, 5.74) is 2.81. The number of hydrogen-bond donors (Lipinski definition) is 2. The third kappa shape index (κ3) is 1.68. The van der Waals surface area contributed by atoms with E-state index in [0.717, 1.165) is 19.0 Å². The maximum atomic E-state index is 3.56. The molecule has 0 amide bonds. The molecule has 15 heavy (non-hydrogen) atoms. The minimum absolute atomic E-state index is 0.701. The summed E-state index contributed by atoms with van der Waals surface area (Å²) < 4.78 is 1.19. The minimum atomic E-state index is 0.701. The maximum Gasteiger partial charge on any atom is 0.0376 e. The van der Waals surface area contributed by atoms with Gasteiger partial charge in [0.05, 0.1) is 0 Å². The van der Waals surface area contributed by atoms with Crippen LogP contribution < -0.4 is 10.6 Å². The van der Waals surface area contributed by atoms with E-state index < -0.39 is 0 Å². The highest BCUT2D eigenvalue weighted by Gasteiger charge is 2.31. The van der Waals surface area contributed by atoms with Gasteiger partial charge in [0.15, 0.2) is 0 Å². The summed E-state index contributed by atoms with van der Waals surface area (Å²) in [6, 6.07) is 6.59. The average Bonchev–Trinajstić information content (AvgIpc) is 2.62. The normalized spacial score (nSPS) is 28.9. The molecule has 1 aromatic carbocycles. The Balaban J connectivity index is 2.06. The quantitative estimate of drug-likeness (QED) is 0.755. The molecule has 0 radical (unpaired) electrons. The lowest BCUT2D eigenvalue weighted by Crippen LogP contribution is -2.11. The molecule has 0 aromatic heterocycles. The van der Waals surface area contributed by atoms with E-state index in [4.69, 9.17) is 0 Å². The molecule has 3 heteroatoms. The molecule has 2 aliphatic rings. The van der Waals surface area contributed by atoms with Gasteiger partial charge in [0.2, 0.25) is 0 Å². The van der Waals surface area contributed by atoms with Gasteiger partial charge in [0.1, 0.15) is 0 Å². The summed E-state index contributed by atoms with van der Waals surface area (Å²) >= 11 is 3.56. The zero-order chi connectivity index (χ0) is 10.3. The lowest BCUT2D eigenvalue weighted by Gasteiger charge is -2.16. The third-order valence-corrected chi connectivity index (χ3v) is 4.08. The lowest BCUT2D eigenvalue weighted by atomic mass is 9.87. The summed E-state index contributed by atoms with van der Waals surface area (Å²) in [7, 11) is 0. The van der Waals surface area contributed by atoms with Crippen molar-refractivity contribution in [3.05, 3.63) is 28.2 Å². The van der Waals surface area contributed by atoms with E-state index in [2.05, 4.69) is 44.8 Å². The third-order valence-electron chi connectivity index (χ3n) is 3.58. The van der Waals surface area contributed by atoms with Gasteiger partial charge in [0, 0.05) is 29.2 Å². The number of nitrogens with one attached hydrogen (secondary N) is 2. The second-order valence-electron chi connectivity index (χ2n) is 4.47. The summed E-state index contributed by atoms with van der Waals surface area (Å²) in [4.78, 5) is 0. The van der Waals surface area contributed by atoms with Crippen molar-refractivity contribution in [3.8, 4) is 0 Å². The molecule has 0 bridgehead atoms. The first-order valence-corrected chi connectivity index (χ1v) is 6.38. The van der Waals surface area contributed by atoms with Crippen LogP contribution in [0.4, 0.5) is 5.69 Å². The van der Waals surface area contributed by atoms with Crippen molar-refractivity contribution in [2.75, 3.05) is 25.0 Å². The first-order chi connectivity index (χ1) is 7.34. The second kappa shape index (κ2) is 3.80. The van der Waals surface area contributed by atoms with Gasteiger partial charge in [-0.15, -0.1) is 0 Å². The van der Waals surface area contributed by atoms with Crippen LogP contribution in [-0.2, 0) is 0 Å². The molecule has 2 aliphatic heterocycles. The van der Waals surface area contributed by atoms with Crippen LogP contribution in [0.1, 0.15) is 17.9 Å². The van der Waals surface area contributed by atoms with Gasteiger partial charge >= 0.3 is 0 Å². The van der Waals surface area contributed by atoms with Crippen molar-refractivity contribution in [2.24, 2.45) is 5.92 Å². The molecule has 3 rings (SSSR count). The first kappa shape index (κ1) is 9.67. The van der Waals surface area contributed by atoms with E-state index in [-0.39, 0.29) is 0 Å². The average molecular weight is 267 g/mol. The maximum absolute atomic E-state index is 3.56. The number of hydrogen-bond acceptors (Lipinski definition) is 2. The zero-order valence-electron chi connectivity index (χ0n) is 8.59. The van der Waals surface area contributed by atoms with Gasteiger partial charge in [-0.3, -0.25) is 0 Å². The molecule has 2 heterocycles. The van der Waals surface area contributed by atoms with Crippen LogP contribution in [0.3, 0.4) is 0 Å². The number of anilines is 1. The Hall–Kier alpha value is -0.540. The Morgan fingerprint density at radius 1 is 1.27 bits per heavy atom. The minimum Gasteiger partial charge on any atom is -0.385 e. The van der Waals surface area contributed by atoms with Gasteiger partial charge in [-0.1, -0.05) is 15.9 Å². The second-order valence-corrected chi connectivity index (χ2v) is 5.39. The Bertz CT molecular complexity index is 378. The van der Waals surface area contributed by atoms with Crippen LogP contribution in [0.2, 0.25) is 0 Å². The van der Waals surface area contributed by atoms with Crippen LogP contribution in [0.5, 0.6) is 0 Å². The van der Waals surface area contributed by atoms with E-state index in [9.17, 15) is 0 Å². The number of benzene rings is 1. The highest BCUT2D eigenvalue weighted by atomic mass is 79.9. The Kier molecular flexibility index (Phi) is 2.45. The van der Waals surface area contributed by atoms with Crippen molar-refractivity contribution in [1.82, 2.24) is 5.32 Å². The molecule has 80 valence electrons. The SMILES string of the molecule is Brc1ccc2c(c1)C1CNCC1CCN2. The Labute approximate surface area is 98.6 Å². The predicted molar refractivity (Wildman–Crippen MR) is 66.3 cm³/mol. The number of fused-ring (bicyclic) bond motifs is 3. The molecule has 0 spiro atoms. The van der Waals surface area contributed by atoms with Crippen LogP contribution in [0.15, 0.2) is 22.7 Å². The summed E-state index contributed by atoms with van der Waals surface area (Å²) in [6.07, 6.45) is 1.28. The molecule has 2 unspecified atom stereocenters. The summed E-state index contributed by atoms with van der Waals surface area (Å²) in [5, 5.41) is 7.04. The molecule has 2 nitrogen and oxygen atoms in total. The van der Waals surface area contributed by atoms with E-state index in [1.807, 2.05) is 0 Å². The van der Waals surface area contributed by atoms with E-state index in [1.165, 1.54) is 28.7 Å².